The van der Waals surface area contributed by atoms with Gasteiger partial charge in [0, 0.05) is 12.6 Å². The molecule has 1 unspecified atom stereocenters. The molecule has 0 radical (unpaired) electrons. The molecule has 0 bridgehead atoms. The molecule has 1 heterocycles. The molecule has 26 heavy (non-hydrogen) atoms. The summed E-state index contributed by atoms with van der Waals surface area (Å²) in [5.41, 5.74) is 0.480. The highest BCUT2D eigenvalue weighted by Crippen LogP contribution is 2.22. The second-order valence-corrected chi connectivity index (χ2v) is 8.34. The van der Waals surface area contributed by atoms with Crippen molar-refractivity contribution in [3.05, 3.63) is 48.4 Å². The molecule has 0 aliphatic carbocycles. The Morgan fingerprint density at radius 3 is 2.42 bits per heavy atom. The van der Waals surface area contributed by atoms with Gasteiger partial charge in [-0.2, -0.15) is 0 Å². The molecule has 0 saturated heterocycles. The summed E-state index contributed by atoms with van der Waals surface area (Å²) >= 11 is 1.47. The fourth-order valence-electron chi connectivity index (χ4n) is 2.14. The summed E-state index contributed by atoms with van der Waals surface area (Å²) in [6.07, 6.45) is 2.24. The lowest BCUT2D eigenvalue weighted by molar-refractivity contribution is -0.117. The van der Waals surface area contributed by atoms with Crippen molar-refractivity contribution < 1.29 is 22.4 Å². The first-order valence-electron chi connectivity index (χ1n) is 7.90. The lowest BCUT2D eigenvalue weighted by Gasteiger charge is -2.14. The molecule has 0 aliphatic heterocycles. The predicted octanol–water partition coefficient (Wildman–Crippen LogP) is 2.75. The predicted molar refractivity (Wildman–Crippen MR) is 100 cm³/mol. The van der Waals surface area contributed by atoms with Gasteiger partial charge in [-0.15, -0.1) is 11.8 Å². The summed E-state index contributed by atoms with van der Waals surface area (Å²) in [5.74, 6) is 0.560. The van der Waals surface area contributed by atoms with Crippen molar-refractivity contribution in [3.8, 4) is 0 Å². The summed E-state index contributed by atoms with van der Waals surface area (Å²) in [4.78, 5) is 23.3. The molecule has 0 spiro atoms. The first-order valence-corrected chi connectivity index (χ1v) is 10.4. The van der Waals surface area contributed by atoms with Crippen LogP contribution >= 0.6 is 11.8 Å². The van der Waals surface area contributed by atoms with Crippen molar-refractivity contribution in [2.24, 2.45) is 0 Å². The Morgan fingerprint density at radius 2 is 1.88 bits per heavy atom. The second kappa shape index (κ2) is 8.91. The Balaban J connectivity index is 1.98. The normalized spacial score (nSPS) is 12.4. The van der Waals surface area contributed by atoms with Crippen LogP contribution in [0.15, 0.2) is 52.0 Å². The fraction of sp³-hybridized carbons (Fsp3) is 0.294. The third kappa shape index (κ3) is 5.63. The van der Waals surface area contributed by atoms with Crippen LogP contribution in [0.1, 0.15) is 26.0 Å². The number of sulfonamides is 1. The van der Waals surface area contributed by atoms with Crippen LogP contribution in [-0.2, 0) is 25.4 Å². The summed E-state index contributed by atoms with van der Waals surface area (Å²) in [7, 11) is -3.89. The number of hydrogen-bond donors (Lipinski definition) is 2. The van der Waals surface area contributed by atoms with Gasteiger partial charge in [-0.1, -0.05) is 6.92 Å². The van der Waals surface area contributed by atoms with Crippen LogP contribution in [0, 0.1) is 0 Å². The average Bonchev–Trinajstić information content (AvgIpc) is 3.08. The molecule has 0 saturated carbocycles. The lowest BCUT2D eigenvalue weighted by atomic mass is 10.3. The Kier molecular flexibility index (Phi) is 6.87. The van der Waals surface area contributed by atoms with Crippen LogP contribution in [0.3, 0.4) is 0 Å². The van der Waals surface area contributed by atoms with Crippen molar-refractivity contribution in [1.82, 2.24) is 4.72 Å². The quantitative estimate of drug-likeness (QED) is 0.711. The van der Waals surface area contributed by atoms with E-state index in [1.807, 2.05) is 17.7 Å². The summed E-state index contributed by atoms with van der Waals surface area (Å²) < 4.78 is 30.9. The van der Waals surface area contributed by atoms with Gasteiger partial charge in [-0.05, 0) is 42.8 Å². The van der Waals surface area contributed by atoms with Crippen molar-refractivity contribution in [1.29, 1.82) is 0 Å². The molecule has 2 N–H and O–H groups in total. The van der Waals surface area contributed by atoms with Gasteiger partial charge in [0.05, 0.1) is 22.2 Å². The van der Waals surface area contributed by atoms with Crippen LogP contribution in [0.4, 0.5) is 5.69 Å². The Morgan fingerprint density at radius 1 is 1.19 bits per heavy atom. The molecular weight excluding hydrogens is 376 g/mol. The molecule has 7 nitrogen and oxygen atoms in total. The number of nitrogens with one attached hydrogen (secondary N) is 2. The van der Waals surface area contributed by atoms with Gasteiger partial charge in [0.1, 0.15) is 5.76 Å². The van der Waals surface area contributed by atoms with E-state index in [1.165, 1.54) is 36.0 Å². The number of amides is 2. The minimum Gasteiger partial charge on any atom is -0.468 e. The van der Waals surface area contributed by atoms with Crippen LogP contribution in [0.25, 0.3) is 0 Å². The summed E-state index contributed by atoms with van der Waals surface area (Å²) in [6.45, 7) is 3.04. The number of rotatable bonds is 8. The smallest absolute Gasteiger partial charge is 0.264 e. The summed E-state index contributed by atoms with van der Waals surface area (Å²) in [5, 5.41) is 2.51. The molecule has 1 aromatic heterocycles. The van der Waals surface area contributed by atoms with E-state index in [9.17, 15) is 18.0 Å². The molecule has 140 valence electrons. The molecule has 2 rings (SSSR count). The number of furan rings is 1. The zero-order valence-corrected chi connectivity index (χ0v) is 16.0. The first kappa shape index (κ1) is 20.1. The van der Waals surface area contributed by atoms with Crippen molar-refractivity contribution in [3.63, 3.8) is 0 Å². The molecule has 1 atom stereocenters. The number of benzene rings is 1. The van der Waals surface area contributed by atoms with Gasteiger partial charge in [0.15, 0.2) is 0 Å². The molecule has 2 amide bonds. The Labute approximate surface area is 156 Å². The van der Waals surface area contributed by atoms with E-state index in [2.05, 4.69) is 5.32 Å². The third-order valence-corrected chi connectivity index (χ3v) is 6.23. The van der Waals surface area contributed by atoms with Crippen LogP contribution in [-0.4, -0.2) is 25.5 Å². The average molecular weight is 396 g/mol. The molecule has 0 fully saturated rings. The number of carbonyl (C=O) groups is 2. The maximum Gasteiger partial charge on any atom is 0.264 e. The van der Waals surface area contributed by atoms with Gasteiger partial charge in [-0.25, -0.2) is 13.1 Å². The zero-order chi connectivity index (χ0) is 19.2. The van der Waals surface area contributed by atoms with E-state index in [4.69, 9.17) is 4.42 Å². The van der Waals surface area contributed by atoms with Gasteiger partial charge in [-0.3, -0.25) is 9.59 Å². The van der Waals surface area contributed by atoms with E-state index in [-0.39, 0.29) is 16.1 Å². The fourth-order valence-corrected chi connectivity index (χ4v) is 4.11. The van der Waals surface area contributed by atoms with Crippen LogP contribution in [0.5, 0.6) is 0 Å². The topological polar surface area (TPSA) is 105 Å². The highest BCUT2D eigenvalue weighted by Gasteiger charge is 2.19. The van der Waals surface area contributed by atoms with Crippen LogP contribution in [0.2, 0.25) is 0 Å². The highest BCUT2D eigenvalue weighted by molar-refractivity contribution is 7.99. The third-order valence-electron chi connectivity index (χ3n) is 3.38. The molecule has 2 aromatic rings. The summed E-state index contributed by atoms with van der Waals surface area (Å²) in [6, 6.07) is 9.28. The molecular formula is C17H20N2O5S2. The molecule has 1 aromatic carbocycles. The number of thioether (sulfide) groups is 1. The van der Waals surface area contributed by atoms with Gasteiger partial charge < -0.3 is 9.73 Å². The molecule has 9 heteroatoms. The van der Waals surface area contributed by atoms with E-state index >= 15 is 0 Å². The van der Waals surface area contributed by atoms with Crippen LogP contribution < -0.4 is 10.0 Å². The Hall–Kier alpha value is -2.26. The van der Waals surface area contributed by atoms with E-state index in [0.29, 0.717) is 17.9 Å². The maximum atomic E-state index is 12.4. The van der Waals surface area contributed by atoms with E-state index in [1.54, 1.807) is 12.3 Å². The van der Waals surface area contributed by atoms with Gasteiger partial charge in [0.25, 0.3) is 10.0 Å². The number of hydrogen-bond acceptors (Lipinski definition) is 6. The van der Waals surface area contributed by atoms with Crippen molar-refractivity contribution in [2.45, 2.75) is 36.2 Å². The van der Waals surface area contributed by atoms with Gasteiger partial charge >= 0.3 is 0 Å². The first-order chi connectivity index (χ1) is 12.3. The monoisotopic (exact) mass is 396 g/mol. The molecule has 0 aliphatic rings. The Bertz CT molecular complexity index is 846. The zero-order valence-electron chi connectivity index (χ0n) is 14.4. The van der Waals surface area contributed by atoms with E-state index in [0.717, 1.165) is 12.7 Å². The number of carbonyl (C=O) groups excluding carboxylic acids is 2. The maximum absolute atomic E-state index is 12.4. The minimum absolute atomic E-state index is 0.0510. The van der Waals surface area contributed by atoms with Crippen molar-refractivity contribution in [2.75, 3.05) is 5.32 Å². The highest BCUT2D eigenvalue weighted by atomic mass is 32.2. The van der Waals surface area contributed by atoms with E-state index < -0.39 is 15.9 Å². The van der Waals surface area contributed by atoms with Crippen molar-refractivity contribution >= 4 is 39.3 Å². The second-order valence-electron chi connectivity index (χ2n) is 5.46. The lowest BCUT2D eigenvalue weighted by Crippen LogP contribution is -2.28. The SMILES string of the molecule is CCC(SCc1ccco1)C(=O)Nc1ccc(S(=O)(=O)NC(C)=O)cc1. The largest absolute Gasteiger partial charge is 0.468 e. The minimum atomic E-state index is -3.89. The number of anilines is 1. The van der Waals surface area contributed by atoms with Gasteiger partial charge in [0.2, 0.25) is 11.8 Å². The standard InChI is InChI=1S/C17H20N2O5S2/c1-3-16(25-11-14-5-4-10-24-14)17(21)18-13-6-8-15(9-7-13)26(22,23)19-12(2)20/h4-10,16H,3,11H2,1-2H3,(H,18,21)(H,19,20).